The van der Waals surface area contributed by atoms with Crippen molar-refractivity contribution in [3.63, 3.8) is 0 Å². The van der Waals surface area contributed by atoms with Crippen LogP contribution in [0.3, 0.4) is 0 Å². The predicted molar refractivity (Wildman–Crippen MR) is 44.4 cm³/mol. The average Bonchev–Trinajstić information content (AvgIpc) is 2.00. The Morgan fingerprint density at radius 1 is 1.54 bits per heavy atom. The molecule has 0 aromatic heterocycles. The van der Waals surface area contributed by atoms with Crippen LogP contribution in [0.25, 0.3) is 0 Å². The van der Waals surface area contributed by atoms with Crippen LogP contribution in [0, 0.1) is 5.92 Å². The van der Waals surface area contributed by atoms with Crippen LogP contribution in [-0.4, -0.2) is 28.3 Å². The molecule has 78 valence electrons. The van der Waals surface area contributed by atoms with Gasteiger partial charge in [0.1, 0.15) is 0 Å². The predicted octanol–water partition coefficient (Wildman–Crippen LogP) is 1.83. The SMILES string of the molecule is CCSC(=O)[C@H](C)[C@@H](O)C(F)(F)F. The van der Waals surface area contributed by atoms with E-state index in [1.54, 1.807) is 6.92 Å². The number of halogens is 3. The Hall–Kier alpha value is -0.230. The molecule has 0 aromatic carbocycles. The van der Waals surface area contributed by atoms with Gasteiger partial charge >= 0.3 is 6.18 Å². The van der Waals surface area contributed by atoms with Gasteiger partial charge in [-0.05, 0) is 5.75 Å². The number of carbonyl (C=O) groups excluding carboxylic acids is 1. The normalized spacial score (nSPS) is 16.8. The van der Waals surface area contributed by atoms with E-state index in [1.807, 2.05) is 0 Å². The Kier molecular flexibility index (Phi) is 4.77. The number of carbonyl (C=O) groups is 1. The summed E-state index contributed by atoms with van der Waals surface area (Å²) in [4.78, 5) is 10.9. The smallest absolute Gasteiger partial charge is 0.383 e. The largest absolute Gasteiger partial charge is 0.415 e. The molecular weight excluding hydrogens is 205 g/mol. The first kappa shape index (κ1) is 12.8. The molecule has 13 heavy (non-hydrogen) atoms. The highest BCUT2D eigenvalue weighted by molar-refractivity contribution is 8.13. The van der Waals surface area contributed by atoms with Crippen molar-refractivity contribution in [2.75, 3.05) is 5.75 Å². The third-order valence-corrected chi connectivity index (χ3v) is 2.41. The van der Waals surface area contributed by atoms with Crippen LogP contribution in [0.1, 0.15) is 13.8 Å². The molecule has 0 aliphatic carbocycles. The molecule has 0 unspecified atom stereocenters. The first-order valence-corrected chi connectivity index (χ1v) is 4.70. The van der Waals surface area contributed by atoms with Gasteiger partial charge in [0.25, 0.3) is 0 Å². The molecule has 0 saturated heterocycles. The molecule has 0 saturated carbocycles. The van der Waals surface area contributed by atoms with E-state index in [2.05, 4.69) is 0 Å². The van der Waals surface area contributed by atoms with Crippen molar-refractivity contribution in [3.05, 3.63) is 0 Å². The molecule has 0 heterocycles. The minimum atomic E-state index is -4.72. The molecule has 1 N–H and O–H groups in total. The molecule has 2 nitrogen and oxygen atoms in total. The lowest BCUT2D eigenvalue weighted by molar-refractivity contribution is -0.215. The van der Waals surface area contributed by atoms with Crippen LogP contribution in [0.2, 0.25) is 0 Å². The van der Waals surface area contributed by atoms with Crippen molar-refractivity contribution in [2.24, 2.45) is 5.92 Å². The van der Waals surface area contributed by atoms with E-state index in [-0.39, 0.29) is 0 Å². The fourth-order valence-corrected chi connectivity index (χ4v) is 1.36. The Balaban J connectivity index is 4.25. The van der Waals surface area contributed by atoms with Gasteiger partial charge < -0.3 is 5.11 Å². The molecule has 6 heteroatoms. The number of thioether (sulfide) groups is 1. The molecule has 0 aromatic rings. The second kappa shape index (κ2) is 4.85. The summed E-state index contributed by atoms with van der Waals surface area (Å²) in [5, 5.41) is 8.06. The maximum absolute atomic E-state index is 11.9. The quantitative estimate of drug-likeness (QED) is 0.782. The average molecular weight is 216 g/mol. The minimum Gasteiger partial charge on any atom is -0.383 e. The summed E-state index contributed by atoms with van der Waals surface area (Å²) in [5.74, 6) is -0.988. The molecule has 0 aliphatic rings. The van der Waals surface area contributed by atoms with Crippen LogP contribution in [0.4, 0.5) is 13.2 Å². The first-order valence-electron chi connectivity index (χ1n) is 3.72. The minimum absolute atomic E-state index is 0.410. The second-order valence-electron chi connectivity index (χ2n) is 2.53. The van der Waals surface area contributed by atoms with Crippen molar-refractivity contribution in [2.45, 2.75) is 26.1 Å². The van der Waals surface area contributed by atoms with Crippen molar-refractivity contribution in [1.29, 1.82) is 0 Å². The summed E-state index contributed by atoms with van der Waals surface area (Å²) >= 11 is 0.785. The lowest BCUT2D eigenvalue weighted by Crippen LogP contribution is -2.37. The third kappa shape index (κ3) is 3.99. The van der Waals surface area contributed by atoms with E-state index in [1.165, 1.54) is 0 Å². The standard InChI is InChI=1S/C7H11F3O2S/c1-3-13-6(12)4(2)5(11)7(8,9)10/h4-5,11H,3H2,1-2H3/t4-,5-/m1/s1. The van der Waals surface area contributed by atoms with Crippen LogP contribution < -0.4 is 0 Å². The second-order valence-corrected chi connectivity index (χ2v) is 3.80. The van der Waals surface area contributed by atoms with Crippen LogP contribution in [0.5, 0.6) is 0 Å². The monoisotopic (exact) mass is 216 g/mol. The molecule has 0 fully saturated rings. The van der Waals surface area contributed by atoms with Crippen LogP contribution >= 0.6 is 11.8 Å². The Bertz CT molecular complexity index is 181. The van der Waals surface area contributed by atoms with Crippen molar-refractivity contribution in [3.8, 4) is 0 Å². The lowest BCUT2D eigenvalue weighted by atomic mass is 10.1. The summed E-state index contributed by atoms with van der Waals surface area (Å²) in [6.45, 7) is 2.73. The summed E-state index contributed by atoms with van der Waals surface area (Å²) < 4.78 is 35.7. The maximum atomic E-state index is 11.9. The van der Waals surface area contributed by atoms with E-state index in [0.717, 1.165) is 18.7 Å². The maximum Gasteiger partial charge on any atom is 0.415 e. The van der Waals surface area contributed by atoms with E-state index in [9.17, 15) is 18.0 Å². The highest BCUT2D eigenvalue weighted by Gasteiger charge is 2.44. The van der Waals surface area contributed by atoms with Gasteiger partial charge in [0.05, 0.1) is 5.92 Å². The fraction of sp³-hybridized carbons (Fsp3) is 0.857. The molecule has 0 rings (SSSR count). The van der Waals surface area contributed by atoms with Crippen LogP contribution in [0.15, 0.2) is 0 Å². The Morgan fingerprint density at radius 3 is 2.31 bits per heavy atom. The molecule has 0 spiro atoms. The Morgan fingerprint density at radius 2 is 2.00 bits per heavy atom. The van der Waals surface area contributed by atoms with Gasteiger partial charge in [-0.15, -0.1) is 0 Å². The van der Waals surface area contributed by atoms with Crippen molar-refractivity contribution >= 4 is 16.9 Å². The van der Waals surface area contributed by atoms with Crippen molar-refractivity contribution in [1.82, 2.24) is 0 Å². The molecular formula is C7H11F3O2S. The van der Waals surface area contributed by atoms with Gasteiger partial charge in [0.15, 0.2) is 11.2 Å². The van der Waals surface area contributed by atoms with Gasteiger partial charge in [-0.2, -0.15) is 13.2 Å². The first-order chi connectivity index (χ1) is 5.80. The van der Waals surface area contributed by atoms with Gasteiger partial charge in [-0.1, -0.05) is 25.6 Å². The summed E-state index contributed by atoms with van der Waals surface area (Å²) in [6.07, 6.45) is -7.28. The van der Waals surface area contributed by atoms with E-state index < -0.39 is 23.3 Å². The zero-order chi connectivity index (χ0) is 10.6. The summed E-state index contributed by atoms with van der Waals surface area (Å²) in [5.41, 5.74) is 0. The fourth-order valence-electron chi connectivity index (χ4n) is 0.686. The van der Waals surface area contributed by atoms with E-state index in [4.69, 9.17) is 5.11 Å². The topological polar surface area (TPSA) is 37.3 Å². The zero-order valence-electron chi connectivity index (χ0n) is 7.26. The molecule has 0 radical (unpaired) electrons. The lowest BCUT2D eigenvalue weighted by Gasteiger charge is -2.19. The number of aliphatic hydroxyl groups is 1. The number of alkyl halides is 3. The summed E-state index contributed by atoms with van der Waals surface area (Å²) in [6, 6.07) is 0. The van der Waals surface area contributed by atoms with Gasteiger partial charge in [-0.3, -0.25) is 4.79 Å². The zero-order valence-corrected chi connectivity index (χ0v) is 8.08. The number of rotatable bonds is 3. The van der Waals surface area contributed by atoms with Crippen molar-refractivity contribution < 1.29 is 23.1 Å². The van der Waals surface area contributed by atoms with Gasteiger partial charge in [-0.25, -0.2) is 0 Å². The molecule has 0 amide bonds. The highest BCUT2D eigenvalue weighted by Crippen LogP contribution is 2.27. The van der Waals surface area contributed by atoms with Gasteiger partial charge in [0.2, 0.25) is 0 Å². The van der Waals surface area contributed by atoms with Gasteiger partial charge in [0, 0.05) is 0 Å². The molecule has 0 aliphatic heterocycles. The highest BCUT2D eigenvalue weighted by atomic mass is 32.2. The molecule has 2 atom stereocenters. The van der Waals surface area contributed by atoms with Crippen LogP contribution in [-0.2, 0) is 4.79 Å². The third-order valence-electron chi connectivity index (χ3n) is 1.47. The van der Waals surface area contributed by atoms with E-state index in [0.29, 0.717) is 5.75 Å². The number of hydrogen-bond acceptors (Lipinski definition) is 3. The Labute approximate surface area is 78.5 Å². The van der Waals surface area contributed by atoms with E-state index >= 15 is 0 Å². The molecule has 0 bridgehead atoms. The number of aliphatic hydroxyl groups excluding tert-OH is 1. The number of hydrogen-bond donors (Lipinski definition) is 1. The summed E-state index contributed by atoms with van der Waals surface area (Å²) in [7, 11) is 0.